The summed E-state index contributed by atoms with van der Waals surface area (Å²) in [7, 11) is -10.2. The summed E-state index contributed by atoms with van der Waals surface area (Å²) in [4.78, 5) is 11.7. The number of hydrogen-bond donors (Lipinski definition) is 0. The minimum atomic E-state index is -5.77. The molecule has 0 atom stereocenters. The first kappa shape index (κ1) is 15.4. The molecule has 2 heterocycles. The van der Waals surface area contributed by atoms with Crippen LogP contribution in [0.2, 0.25) is 13.1 Å². The average Bonchev–Trinajstić information content (AvgIpc) is 2.48. The number of hydrogen-bond acceptors (Lipinski definition) is 5. The predicted octanol–water partition coefficient (Wildman–Crippen LogP) is 1.20. The van der Waals surface area contributed by atoms with E-state index in [0.29, 0.717) is 12.8 Å². The first-order valence-electron chi connectivity index (χ1n) is 5.91. The third kappa shape index (κ3) is 2.61. The fourth-order valence-electron chi connectivity index (χ4n) is 2.36. The van der Waals surface area contributed by atoms with Crippen molar-refractivity contribution >= 4 is 29.8 Å². The molecule has 0 aromatic carbocycles. The second-order valence-electron chi connectivity index (χ2n) is 5.71. The maximum atomic E-state index is 12.4. The van der Waals surface area contributed by atoms with Crippen LogP contribution in [0, 0.1) is 0 Å². The molecule has 0 aromatic heterocycles. The Morgan fingerprint density at radius 1 is 1.30 bits per heavy atom. The number of amides is 1. The van der Waals surface area contributed by atoms with Crippen LogP contribution in [0.15, 0.2) is 0 Å². The van der Waals surface area contributed by atoms with Crippen LogP contribution >= 0.6 is 0 Å². The Bertz CT molecular complexity index is 610. The summed E-state index contributed by atoms with van der Waals surface area (Å²) in [6.07, 6.45) is 0.900. The summed E-state index contributed by atoms with van der Waals surface area (Å²) in [6, 6.07) is 0. The molecule has 2 aliphatic heterocycles. The van der Waals surface area contributed by atoms with Gasteiger partial charge >= 0.3 is 113 Å². The van der Waals surface area contributed by atoms with Gasteiger partial charge in [0.05, 0.1) is 0 Å². The van der Waals surface area contributed by atoms with Crippen molar-refractivity contribution in [2.75, 3.05) is 6.17 Å². The Morgan fingerprint density at radius 2 is 1.90 bits per heavy atom. The van der Waals surface area contributed by atoms with Crippen molar-refractivity contribution < 1.29 is 39.3 Å². The van der Waals surface area contributed by atoms with E-state index in [-0.39, 0.29) is 24.4 Å². The van der Waals surface area contributed by atoms with E-state index in [9.17, 15) is 26.4 Å². The molecule has 0 aliphatic carbocycles. The maximum absolute atomic E-state index is 12.4. The summed E-state index contributed by atoms with van der Waals surface area (Å²) in [5, 5.41) is 0. The van der Waals surface area contributed by atoms with E-state index >= 15 is 0 Å². The van der Waals surface area contributed by atoms with Crippen LogP contribution in [0.4, 0.5) is 13.2 Å². The summed E-state index contributed by atoms with van der Waals surface area (Å²) < 4.78 is 70.8. The van der Waals surface area contributed by atoms with Crippen LogP contribution < -0.4 is 0 Å². The Morgan fingerprint density at radius 3 is 2.40 bits per heavy atom. The van der Waals surface area contributed by atoms with E-state index in [1.807, 2.05) is 0 Å². The molecule has 0 saturated heterocycles. The number of nitrogens with zero attached hydrogens (tertiary/aromatic N) is 1. The summed E-state index contributed by atoms with van der Waals surface area (Å²) in [5.74, 6) is -0.0857. The molecule has 2 rings (SSSR count). The van der Waals surface area contributed by atoms with Gasteiger partial charge in [-0.1, -0.05) is 0 Å². The van der Waals surface area contributed by atoms with E-state index < -0.39 is 23.5 Å². The third-order valence-electron chi connectivity index (χ3n) is 3.08. The van der Waals surface area contributed by atoms with E-state index in [4.69, 9.17) is 4.43 Å². The van der Waals surface area contributed by atoms with E-state index in [1.165, 1.54) is 17.7 Å². The summed E-state index contributed by atoms with van der Waals surface area (Å²) in [5.41, 5.74) is -5.52. The normalized spacial score (nSPS) is 27.4. The second kappa shape index (κ2) is 4.04. The van der Waals surface area contributed by atoms with Gasteiger partial charge in [-0.15, -0.1) is 0 Å². The Hall–Kier alpha value is -0.943. The van der Waals surface area contributed by atoms with Gasteiger partial charge in [0.15, 0.2) is 0 Å². The van der Waals surface area contributed by atoms with Crippen molar-refractivity contribution in [2.45, 2.75) is 37.9 Å². The standard InChI is InChI=1S/C9H14F3NO5SSi/c1-20(2,18-19(15,16)9(10,11)12)6-13-7(14)4-3-5-8(13)17-20/h3-6H2,1-2H3. The zero-order valence-corrected chi connectivity index (χ0v) is 12.7. The van der Waals surface area contributed by atoms with Gasteiger partial charge in [-0.05, 0) is 0 Å². The van der Waals surface area contributed by atoms with Crippen molar-refractivity contribution in [1.82, 2.24) is 0 Å². The Balaban J connectivity index is 2.32. The van der Waals surface area contributed by atoms with Crippen molar-refractivity contribution in [3.63, 3.8) is 0 Å². The monoisotopic (exact) mass is 333 g/mol. The Labute approximate surface area is 114 Å². The zero-order chi connectivity index (χ0) is 15.4. The van der Waals surface area contributed by atoms with Gasteiger partial charge in [0.25, 0.3) is 0 Å². The van der Waals surface area contributed by atoms with Gasteiger partial charge in [0.1, 0.15) is 0 Å². The van der Waals surface area contributed by atoms with Crippen molar-refractivity contribution in [1.29, 1.82) is 0 Å². The molecule has 0 radical (unpaired) electrons. The molecule has 0 bridgehead atoms. The average molecular weight is 333 g/mol. The molecule has 1 amide bonds. The van der Waals surface area contributed by atoms with Gasteiger partial charge in [0.2, 0.25) is 0 Å². The van der Waals surface area contributed by atoms with Crippen molar-refractivity contribution in [3.05, 3.63) is 0 Å². The number of rotatable bonds is 2. The van der Waals surface area contributed by atoms with Crippen molar-refractivity contribution in [2.24, 2.45) is 0 Å². The molecule has 0 unspecified atom stereocenters. The minimum absolute atomic E-state index is 0.206. The topological polar surface area (TPSA) is 72.7 Å². The second-order valence-corrected chi connectivity index (χ2v) is 13.1. The number of carbonyl (C=O) groups is 1. The molecular weight excluding hydrogens is 319 g/mol. The number of alkyl halides is 3. The van der Waals surface area contributed by atoms with Gasteiger partial charge < -0.3 is 0 Å². The molecule has 116 valence electrons. The molecule has 0 fully saturated rings. The van der Waals surface area contributed by atoms with Gasteiger partial charge in [-0.2, -0.15) is 0 Å². The van der Waals surface area contributed by atoms with Gasteiger partial charge in [-0.25, -0.2) is 0 Å². The van der Waals surface area contributed by atoms with E-state index in [2.05, 4.69) is 3.87 Å². The first-order valence-corrected chi connectivity index (χ1v) is 10.8. The predicted molar refractivity (Wildman–Crippen MR) is 63.6 cm³/mol. The number of carbonyl (C=O) groups excluding carboxylic acids is 1. The van der Waals surface area contributed by atoms with Crippen LogP contribution in [0.5, 0.6) is 0 Å². The Kier molecular flexibility index (Phi) is 3.12. The van der Waals surface area contributed by atoms with Crippen LogP contribution in [-0.4, -0.2) is 44.3 Å². The molecule has 0 spiro atoms. The molecular formula is C9H14F3NO5SSi. The zero-order valence-electron chi connectivity index (χ0n) is 10.9. The molecule has 6 nitrogen and oxygen atoms in total. The van der Waals surface area contributed by atoms with Gasteiger partial charge in [0, 0.05) is 0 Å². The molecule has 0 aromatic rings. The molecule has 11 heteroatoms. The SMILES string of the molecule is C[Si-]1(C)(OS(=O)(=O)C(F)(F)F)C[N+]2=C(CCCC2=O)O1. The van der Waals surface area contributed by atoms with Crippen LogP contribution in [0.1, 0.15) is 19.3 Å². The summed E-state index contributed by atoms with van der Waals surface area (Å²) >= 11 is 0. The van der Waals surface area contributed by atoms with Gasteiger partial charge in [-0.3, -0.25) is 0 Å². The quantitative estimate of drug-likeness (QED) is 0.431. The fraction of sp³-hybridized carbons (Fsp3) is 0.778. The third-order valence-corrected chi connectivity index (χ3v) is 8.68. The molecule has 2 aliphatic rings. The molecule has 0 saturated carbocycles. The molecule has 20 heavy (non-hydrogen) atoms. The van der Waals surface area contributed by atoms with Crippen LogP contribution in [0.3, 0.4) is 0 Å². The van der Waals surface area contributed by atoms with Crippen molar-refractivity contribution in [3.8, 4) is 0 Å². The number of halogens is 3. The first-order chi connectivity index (χ1) is 8.82. The summed E-state index contributed by atoms with van der Waals surface area (Å²) in [6.45, 7) is 2.45. The fourth-order valence-corrected chi connectivity index (χ4v) is 8.07. The van der Waals surface area contributed by atoms with E-state index in [1.54, 1.807) is 0 Å². The van der Waals surface area contributed by atoms with E-state index in [0.717, 1.165) is 0 Å². The van der Waals surface area contributed by atoms with Crippen LogP contribution in [-0.2, 0) is 23.2 Å². The molecule has 0 N–H and O–H groups in total. The van der Waals surface area contributed by atoms with Crippen LogP contribution in [0.25, 0.3) is 0 Å².